The molecule has 6 saturated carbocycles. The average Bonchev–Trinajstić information content (AvgIpc) is 4.32. The molecule has 4 nitrogen and oxygen atoms in total. The van der Waals surface area contributed by atoms with E-state index in [4.69, 9.17) is 9.47 Å². The summed E-state index contributed by atoms with van der Waals surface area (Å²) in [5.41, 5.74) is 10.3. The lowest BCUT2D eigenvalue weighted by molar-refractivity contribution is 0.0723. The Hall–Kier alpha value is -5.82. The summed E-state index contributed by atoms with van der Waals surface area (Å²) in [5, 5.41) is 3.69. The Morgan fingerprint density at radius 3 is 1.33 bits per heavy atom. The molecule has 0 amide bonds. The number of benzene rings is 8. The van der Waals surface area contributed by atoms with Gasteiger partial charge < -0.3 is 9.47 Å². The number of carbonyl (C=O) groups is 2. The molecule has 72 heavy (non-hydrogen) atoms. The minimum absolute atomic E-state index is 0.371. The third-order valence-corrected chi connectivity index (χ3v) is 19.8. The van der Waals surface area contributed by atoms with Gasteiger partial charge in [-0.2, -0.15) is 0 Å². The highest BCUT2D eigenvalue weighted by molar-refractivity contribution is 9.10. The molecule has 8 aromatic rings. The predicted octanol–water partition coefficient (Wildman–Crippen LogP) is 18.0. The third-order valence-electron chi connectivity index (χ3n) is 18.8. The molecule has 6 heteroatoms. The summed E-state index contributed by atoms with van der Waals surface area (Å²) in [4.78, 5) is 28.2. The molecular formula is C66H56Br2O4. The van der Waals surface area contributed by atoms with Crippen molar-refractivity contribution < 1.29 is 19.1 Å². The lowest BCUT2D eigenvalue weighted by Crippen LogP contribution is -2.23. The van der Waals surface area contributed by atoms with E-state index in [-0.39, 0.29) is 0 Å². The van der Waals surface area contributed by atoms with Crippen LogP contribution in [-0.2, 0) is 0 Å². The minimum Gasteiger partial charge on any atom is -0.422 e. The summed E-state index contributed by atoms with van der Waals surface area (Å²) >= 11 is 7.02. The molecule has 14 rings (SSSR count). The molecular weight excluding hydrogens is 1020 g/mol. The first-order chi connectivity index (χ1) is 35.2. The summed E-state index contributed by atoms with van der Waals surface area (Å²) < 4.78 is 14.6. The zero-order chi connectivity index (χ0) is 48.4. The van der Waals surface area contributed by atoms with Crippen LogP contribution in [0.1, 0.15) is 108 Å². The van der Waals surface area contributed by atoms with Gasteiger partial charge in [0.2, 0.25) is 0 Å². The Bertz CT molecular complexity index is 3430. The van der Waals surface area contributed by atoms with Gasteiger partial charge in [0.25, 0.3) is 0 Å². The van der Waals surface area contributed by atoms with Crippen LogP contribution in [-0.4, -0.2) is 11.9 Å². The van der Waals surface area contributed by atoms with Gasteiger partial charge in [0.15, 0.2) is 0 Å². The van der Waals surface area contributed by atoms with E-state index >= 15 is 0 Å². The van der Waals surface area contributed by atoms with E-state index < -0.39 is 11.9 Å². The smallest absolute Gasteiger partial charge is 0.343 e. The third kappa shape index (κ3) is 7.89. The zero-order valence-corrected chi connectivity index (χ0v) is 43.6. The minimum atomic E-state index is -0.483. The van der Waals surface area contributed by atoms with Crippen LogP contribution in [0.3, 0.4) is 0 Å². The number of fused-ring (bicyclic) bond motifs is 6. The zero-order valence-electron chi connectivity index (χ0n) is 40.5. The topological polar surface area (TPSA) is 52.6 Å². The summed E-state index contributed by atoms with van der Waals surface area (Å²) in [5.74, 6) is 8.30. The maximum absolute atomic E-state index is 14.1. The molecule has 4 atom stereocenters. The molecule has 6 fully saturated rings. The Kier molecular flexibility index (Phi) is 10.8. The van der Waals surface area contributed by atoms with E-state index in [2.05, 4.69) is 124 Å². The highest BCUT2D eigenvalue weighted by Gasteiger charge is 2.80. The van der Waals surface area contributed by atoms with Crippen LogP contribution in [0, 0.1) is 46.8 Å². The van der Waals surface area contributed by atoms with Crippen molar-refractivity contribution >= 4 is 65.3 Å². The van der Waals surface area contributed by atoms with Gasteiger partial charge in [0.05, 0.1) is 11.1 Å². The number of ether oxygens (including phenoxy) is 2. The van der Waals surface area contributed by atoms with Crippen molar-refractivity contribution in [2.75, 3.05) is 0 Å². The fraction of sp³-hybridized carbons (Fsp3) is 0.303. The summed E-state index contributed by atoms with van der Waals surface area (Å²) in [7, 11) is 0. The van der Waals surface area contributed by atoms with E-state index in [0.717, 1.165) is 94.2 Å². The lowest BCUT2D eigenvalue weighted by atomic mass is 9.70. The van der Waals surface area contributed by atoms with E-state index in [1.54, 1.807) is 24.3 Å². The molecule has 6 aliphatic rings. The van der Waals surface area contributed by atoms with Gasteiger partial charge in [-0.1, -0.05) is 124 Å². The van der Waals surface area contributed by atoms with Gasteiger partial charge in [-0.15, -0.1) is 0 Å². The van der Waals surface area contributed by atoms with Crippen molar-refractivity contribution in [1.82, 2.24) is 0 Å². The van der Waals surface area contributed by atoms with Gasteiger partial charge in [0, 0.05) is 20.1 Å². The van der Waals surface area contributed by atoms with Crippen molar-refractivity contribution in [2.24, 2.45) is 46.8 Å². The van der Waals surface area contributed by atoms with Crippen LogP contribution in [0.2, 0.25) is 0 Å². The second-order valence-corrected chi connectivity index (χ2v) is 24.3. The molecule has 358 valence electrons. The fourth-order valence-corrected chi connectivity index (χ4v) is 15.0. The Balaban J connectivity index is 0.834. The Morgan fingerprint density at radius 1 is 0.486 bits per heavy atom. The van der Waals surface area contributed by atoms with Crippen molar-refractivity contribution in [3.63, 3.8) is 0 Å². The van der Waals surface area contributed by atoms with Crippen LogP contribution >= 0.6 is 31.9 Å². The standard InChI is InChI=1S/C66H56Br2O4/c1-37-62-63(37)66(62)32-30-43(31-33-66)40-4-8-42(9-5-40)48-19-27-54-50(35-48)21-29-58(72-65(70)46-16-24-52(68)25-17-46)61(54)60-53-26-18-47(34-49(53)20-28-57(60)71-64(69)45-14-22-51(67)23-15-45)41-6-2-38(3-7-41)39-10-12-44(13-11-39)59-55-36-56(55)59/h2-9,14-29,34-35,37,39,43-44,55-56,59,62-63H,10-13,30-33,36H2,1H3/t37?,39-,43?,44-,55?,56?,59?,62?,63?,66?. The van der Waals surface area contributed by atoms with Crippen LogP contribution in [0.25, 0.3) is 54.9 Å². The van der Waals surface area contributed by atoms with Gasteiger partial charge in [-0.3, -0.25) is 0 Å². The summed E-state index contributed by atoms with van der Waals surface area (Å²) in [6.07, 6.45) is 12.3. The molecule has 6 aliphatic carbocycles. The van der Waals surface area contributed by atoms with E-state index in [1.165, 1.54) is 68.9 Å². The van der Waals surface area contributed by atoms with Crippen molar-refractivity contribution in [3.8, 4) is 44.9 Å². The van der Waals surface area contributed by atoms with Crippen LogP contribution in [0.15, 0.2) is 167 Å². The van der Waals surface area contributed by atoms with Crippen LogP contribution in [0.5, 0.6) is 11.5 Å². The average molecular weight is 1070 g/mol. The van der Waals surface area contributed by atoms with Crippen LogP contribution in [0.4, 0.5) is 0 Å². The molecule has 8 aromatic carbocycles. The van der Waals surface area contributed by atoms with Crippen molar-refractivity contribution in [1.29, 1.82) is 0 Å². The number of hydrogen-bond donors (Lipinski definition) is 0. The van der Waals surface area contributed by atoms with Gasteiger partial charge in [0.1, 0.15) is 11.5 Å². The van der Waals surface area contributed by atoms with E-state index in [0.29, 0.717) is 51.0 Å². The molecule has 0 bridgehead atoms. The fourth-order valence-electron chi connectivity index (χ4n) is 14.5. The summed E-state index contributed by atoms with van der Waals surface area (Å²) in [6, 6.07) is 53.7. The largest absolute Gasteiger partial charge is 0.422 e. The molecule has 1 spiro atoms. The molecule has 0 N–H and O–H groups in total. The SMILES string of the molecule is CC1C2C1C21CCC(c2ccc(-c3ccc4c(-c5c(OC(=O)c6ccc(Br)cc6)ccc6cc(-c7ccc([C@H]8CC[C@H](C9C%10CC%109)CC8)cc7)ccc56)c(OC(=O)c5ccc(Br)cc5)ccc4c3)cc2)CC1. The number of carbonyl (C=O) groups excluding carboxylic acids is 2. The molecule has 0 saturated heterocycles. The molecule has 0 heterocycles. The van der Waals surface area contributed by atoms with Gasteiger partial charge in [-0.05, 0) is 244 Å². The van der Waals surface area contributed by atoms with E-state index in [9.17, 15) is 9.59 Å². The second-order valence-electron chi connectivity index (χ2n) is 22.5. The predicted molar refractivity (Wildman–Crippen MR) is 296 cm³/mol. The highest BCUT2D eigenvalue weighted by Crippen LogP contribution is 2.85. The van der Waals surface area contributed by atoms with Gasteiger partial charge >= 0.3 is 11.9 Å². The van der Waals surface area contributed by atoms with Crippen molar-refractivity contribution in [3.05, 3.63) is 189 Å². The van der Waals surface area contributed by atoms with Crippen molar-refractivity contribution in [2.45, 2.75) is 76.5 Å². The monoisotopic (exact) mass is 1070 g/mol. The molecule has 0 aromatic heterocycles. The first kappa shape index (κ1) is 44.8. The molecule has 0 aliphatic heterocycles. The first-order valence-corrected chi connectivity index (χ1v) is 28.1. The Morgan fingerprint density at radius 2 is 0.917 bits per heavy atom. The highest BCUT2D eigenvalue weighted by atomic mass is 79.9. The maximum Gasteiger partial charge on any atom is 0.343 e. The number of rotatable bonds is 10. The maximum atomic E-state index is 14.1. The first-order valence-electron chi connectivity index (χ1n) is 26.5. The molecule has 0 radical (unpaired) electrons. The number of hydrogen-bond acceptors (Lipinski definition) is 4. The lowest BCUT2D eigenvalue weighted by Gasteiger charge is -2.34. The Labute approximate surface area is 438 Å². The second kappa shape index (κ2) is 17.4. The van der Waals surface area contributed by atoms with Gasteiger partial charge in [-0.25, -0.2) is 9.59 Å². The number of halogens is 2. The number of esters is 2. The summed E-state index contributed by atoms with van der Waals surface area (Å²) in [6.45, 7) is 2.44. The van der Waals surface area contributed by atoms with E-state index in [1.807, 2.05) is 48.5 Å². The quantitative estimate of drug-likeness (QED) is 0.101. The molecule has 4 unspecified atom stereocenters. The van der Waals surface area contributed by atoms with Crippen LogP contribution < -0.4 is 9.47 Å². The normalized spacial score (nSPS) is 27.5.